The summed E-state index contributed by atoms with van der Waals surface area (Å²) in [6.45, 7) is 36.8. The standard InChI is InChI=1S/C22H32BNO4.C17H22BrNO2.C12H24B2O4/c1-16(2)26-20(25)24-12-10-17(11-13-24)14-18-8-7-9-19(15-18)23-27-21(3,4)22(5,6)28-23;1-17(2,3)21-16(20)19-9-7-13(8-10-19)11-14-5-4-6-15(18)12-14;1-9(2)10(3,4)16-13(15-9)14-17-11(5,6)12(7,8)18-14/h7-9,14-16H,10-13H2,1-6H3;4-6,11-12H,7-10H2,1-3H3;1-8H3. The molecule has 12 nitrogen and oxygen atoms in total. The van der Waals surface area contributed by atoms with Crippen LogP contribution in [0, 0.1) is 0 Å². The van der Waals surface area contributed by atoms with Gasteiger partial charge in [-0.2, -0.15) is 0 Å². The van der Waals surface area contributed by atoms with E-state index in [2.05, 4.69) is 86.1 Å². The van der Waals surface area contributed by atoms with Crippen molar-refractivity contribution in [3.8, 4) is 0 Å². The minimum absolute atomic E-state index is 0.0813. The lowest BCUT2D eigenvalue weighted by atomic mass is 9.49. The Bertz CT molecular complexity index is 2010. The summed E-state index contributed by atoms with van der Waals surface area (Å²) in [5.74, 6) is 0. The van der Waals surface area contributed by atoms with Crippen LogP contribution >= 0.6 is 15.9 Å². The number of carbonyl (C=O) groups is 2. The second-order valence-electron chi connectivity index (χ2n) is 22.6. The number of piperidine rings is 2. The van der Waals surface area contributed by atoms with Gasteiger partial charge in [0.05, 0.1) is 39.7 Å². The number of nitrogens with zero attached hydrogens (tertiary/aromatic N) is 2. The predicted octanol–water partition coefficient (Wildman–Crippen LogP) is 11.1. The average Bonchev–Trinajstić information content (AvgIpc) is 3.67. The molecule has 0 aromatic heterocycles. The van der Waals surface area contributed by atoms with Crippen LogP contribution in [0.3, 0.4) is 0 Å². The first-order valence-electron chi connectivity index (χ1n) is 24.0. The summed E-state index contributed by atoms with van der Waals surface area (Å²) in [4.78, 5) is 27.6. The van der Waals surface area contributed by atoms with Gasteiger partial charge in [0.2, 0.25) is 0 Å². The van der Waals surface area contributed by atoms with E-state index in [1.165, 1.54) is 16.7 Å². The van der Waals surface area contributed by atoms with Gasteiger partial charge in [-0.3, -0.25) is 0 Å². The number of rotatable bonds is 5. The van der Waals surface area contributed by atoms with Crippen molar-refractivity contribution in [2.24, 2.45) is 0 Å². The van der Waals surface area contributed by atoms with E-state index < -0.39 is 19.6 Å². The Labute approximate surface area is 412 Å². The van der Waals surface area contributed by atoms with Crippen molar-refractivity contribution in [1.82, 2.24) is 9.80 Å². The van der Waals surface area contributed by atoms with Crippen molar-refractivity contribution in [2.45, 2.75) is 189 Å². The monoisotopic (exact) mass is 991 g/mol. The van der Waals surface area contributed by atoms with E-state index in [4.69, 9.17) is 37.4 Å². The molecule has 0 atom stereocenters. The molecule has 5 saturated heterocycles. The molecule has 0 N–H and O–H groups in total. The Kier molecular flexibility index (Phi) is 17.3. The summed E-state index contributed by atoms with van der Waals surface area (Å²) in [6, 6.07) is 16.6. The van der Waals surface area contributed by atoms with Gasteiger partial charge in [0.25, 0.3) is 0 Å². The van der Waals surface area contributed by atoms with Crippen LogP contribution in [0.1, 0.15) is 155 Å². The zero-order valence-electron chi connectivity index (χ0n) is 43.6. The van der Waals surface area contributed by atoms with Gasteiger partial charge in [-0.25, -0.2) is 9.59 Å². The SMILES string of the molecule is CC(C)(C)OC(=O)N1CCC(=Cc2cccc(Br)c2)CC1.CC(C)OC(=O)N1CCC(=Cc2cccc(B3OC(C)(C)C(C)(C)O3)c2)CC1.CC1(C)OB(B2OC(C)(C)C(C)(C)O2)OC1(C)C. The van der Waals surface area contributed by atoms with E-state index >= 15 is 0 Å². The lowest BCUT2D eigenvalue weighted by molar-refractivity contribution is 0.00578. The van der Waals surface area contributed by atoms with Crippen LogP contribution < -0.4 is 5.46 Å². The molecule has 7 rings (SSSR count). The Hall–Kier alpha value is -3.11. The molecule has 67 heavy (non-hydrogen) atoms. The molecule has 0 unspecified atom stereocenters. The second kappa shape index (κ2) is 21.1. The molecule has 5 heterocycles. The summed E-state index contributed by atoms with van der Waals surface area (Å²) in [5.41, 5.74) is 3.55. The fraction of sp³-hybridized carbons (Fsp3) is 0.647. The average molecular weight is 992 g/mol. The Morgan fingerprint density at radius 3 is 1.36 bits per heavy atom. The first-order valence-corrected chi connectivity index (χ1v) is 24.8. The Morgan fingerprint density at radius 1 is 0.597 bits per heavy atom. The predicted molar refractivity (Wildman–Crippen MR) is 274 cm³/mol. The molecule has 5 fully saturated rings. The minimum Gasteiger partial charge on any atom is -0.447 e. The van der Waals surface area contributed by atoms with E-state index in [0.717, 1.165) is 54.3 Å². The molecule has 368 valence electrons. The summed E-state index contributed by atoms with van der Waals surface area (Å²) < 4.78 is 48.0. The third-order valence-electron chi connectivity index (χ3n) is 13.8. The van der Waals surface area contributed by atoms with Gasteiger partial charge in [-0.15, -0.1) is 0 Å². The Balaban J connectivity index is 0.000000194. The van der Waals surface area contributed by atoms with E-state index in [1.54, 1.807) is 9.80 Å². The molecule has 5 aliphatic rings. The molecule has 0 radical (unpaired) electrons. The number of amides is 2. The highest BCUT2D eigenvalue weighted by atomic mass is 79.9. The van der Waals surface area contributed by atoms with Crippen molar-refractivity contribution in [1.29, 1.82) is 0 Å². The van der Waals surface area contributed by atoms with Crippen molar-refractivity contribution < 1.29 is 47.0 Å². The van der Waals surface area contributed by atoms with Crippen LogP contribution in [0.15, 0.2) is 64.1 Å². The number of hydrogen-bond acceptors (Lipinski definition) is 10. The number of benzene rings is 2. The number of halogens is 1. The third-order valence-corrected chi connectivity index (χ3v) is 14.3. The first-order chi connectivity index (χ1) is 30.8. The zero-order valence-corrected chi connectivity index (χ0v) is 45.2. The van der Waals surface area contributed by atoms with Gasteiger partial charge in [-0.1, -0.05) is 75.6 Å². The molecule has 0 aliphatic carbocycles. The third kappa shape index (κ3) is 14.5. The number of carbonyl (C=O) groups excluding carboxylic acids is 2. The second-order valence-corrected chi connectivity index (χ2v) is 23.5. The molecule has 0 spiro atoms. The van der Waals surface area contributed by atoms with E-state index in [-0.39, 0.29) is 59.0 Å². The molecule has 0 bridgehead atoms. The molecule has 16 heteroatoms. The summed E-state index contributed by atoms with van der Waals surface area (Å²) >= 11 is 3.48. The smallest absolute Gasteiger partial charge is 0.447 e. The highest BCUT2D eigenvalue weighted by Crippen LogP contribution is 2.43. The van der Waals surface area contributed by atoms with Crippen molar-refractivity contribution in [3.05, 3.63) is 75.3 Å². The van der Waals surface area contributed by atoms with Gasteiger partial charge in [0.1, 0.15) is 5.60 Å². The fourth-order valence-corrected chi connectivity index (χ4v) is 8.10. The summed E-state index contributed by atoms with van der Waals surface area (Å²) in [5, 5.41) is 0. The van der Waals surface area contributed by atoms with Gasteiger partial charge in [0, 0.05) is 30.7 Å². The first kappa shape index (κ1) is 54.8. The molecule has 2 aromatic carbocycles. The van der Waals surface area contributed by atoms with Crippen LogP contribution in [-0.4, -0.2) is 115 Å². The number of likely N-dealkylation sites (tertiary alicyclic amines) is 2. The Morgan fingerprint density at radius 2 is 0.970 bits per heavy atom. The maximum atomic E-state index is 12.0. The lowest BCUT2D eigenvalue weighted by Crippen LogP contribution is -2.41. The fourth-order valence-electron chi connectivity index (χ4n) is 7.69. The van der Waals surface area contributed by atoms with Crippen LogP contribution in [0.5, 0.6) is 0 Å². The molecular formula is C51H78B3BrN2O10. The van der Waals surface area contributed by atoms with Gasteiger partial charge in [0.15, 0.2) is 0 Å². The van der Waals surface area contributed by atoms with Gasteiger partial charge >= 0.3 is 33.3 Å². The molecule has 2 aromatic rings. The van der Waals surface area contributed by atoms with E-state index in [1.807, 2.05) is 108 Å². The van der Waals surface area contributed by atoms with Crippen LogP contribution in [-0.2, 0) is 37.4 Å². The van der Waals surface area contributed by atoms with Gasteiger partial charge < -0.3 is 47.2 Å². The highest BCUT2D eigenvalue weighted by molar-refractivity contribution is 9.10. The van der Waals surface area contributed by atoms with Crippen molar-refractivity contribution in [2.75, 3.05) is 26.2 Å². The van der Waals surface area contributed by atoms with Crippen LogP contribution in [0.25, 0.3) is 12.2 Å². The molecule has 0 saturated carbocycles. The molecule has 2 amide bonds. The van der Waals surface area contributed by atoms with Crippen LogP contribution in [0.2, 0.25) is 0 Å². The highest BCUT2D eigenvalue weighted by Gasteiger charge is 2.63. The van der Waals surface area contributed by atoms with Crippen molar-refractivity contribution in [3.63, 3.8) is 0 Å². The molecule has 5 aliphatic heterocycles. The van der Waals surface area contributed by atoms with Crippen molar-refractivity contribution >= 4 is 66.9 Å². The largest absolute Gasteiger partial charge is 0.494 e. The van der Waals surface area contributed by atoms with E-state index in [0.29, 0.717) is 13.1 Å². The van der Waals surface area contributed by atoms with Crippen LogP contribution in [0.4, 0.5) is 9.59 Å². The molecular weight excluding hydrogens is 913 g/mol. The zero-order chi connectivity index (χ0) is 50.0. The maximum absolute atomic E-state index is 12.0. The minimum atomic E-state index is -0.476. The summed E-state index contributed by atoms with van der Waals surface area (Å²) in [7, 11) is -1.30. The summed E-state index contributed by atoms with van der Waals surface area (Å²) in [6.07, 6.45) is 7.50. The van der Waals surface area contributed by atoms with Gasteiger partial charge in [-0.05, 0) is 172 Å². The number of ether oxygens (including phenoxy) is 2. The maximum Gasteiger partial charge on any atom is 0.494 e. The quantitative estimate of drug-likeness (QED) is 0.268. The van der Waals surface area contributed by atoms with E-state index in [9.17, 15) is 9.59 Å². The number of hydrogen-bond donors (Lipinski definition) is 0. The topological polar surface area (TPSA) is 114 Å². The normalized spacial score (nSPS) is 22.4. The lowest BCUT2D eigenvalue weighted by Gasteiger charge is -2.32.